The normalized spacial score (nSPS) is 28.8. The number of hydrogen-bond acceptors (Lipinski definition) is 3. The first-order chi connectivity index (χ1) is 9.97. The molecule has 1 saturated carbocycles. The van der Waals surface area contributed by atoms with Crippen molar-refractivity contribution in [1.29, 1.82) is 0 Å². The van der Waals surface area contributed by atoms with Crippen molar-refractivity contribution in [2.75, 3.05) is 0 Å². The van der Waals surface area contributed by atoms with Crippen LogP contribution in [0.3, 0.4) is 0 Å². The van der Waals surface area contributed by atoms with Crippen molar-refractivity contribution in [1.82, 2.24) is 0 Å². The number of aliphatic carboxylic acids is 1. The average Bonchev–Trinajstić information content (AvgIpc) is 2.48. The number of benzene rings is 1. The molecule has 4 unspecified atom stereocenters. The van der Waals surface area contributed by atoms with Crippen molar-refractivity contribution in [2.24, 2.45) is 0 Å². The van der Waals surface area contributed by atoms with E-state index in [9.17, 15) is 15.0 Å². The van der Waals surface area contributed by atoms with Gasteiger partial charge in [0.2, 0.25) is 0 Å². The number of aliphatic hydroxyl groups excluding tert-OH is 1. The van der Waals surface area contributed by atoms with Crippen LogP contribution in [0.15, 0.2) is 30.3 Å². The molecule has 1 aromatic carbocycles. The maximum Gasteiger partial charge on any atom is 0.336 e. The highest BCUT2D eigenvalue weighted by atomic mass is 16.5. The molecule has 0 amide bonds. The van der Waals surface area contributed by atoms with Gasteiger partial charge in [-0.15, -0.1) is 0 Å². The molecule has 0 saturated heterocycles. The lowest BCUT2D eigenvalue weighted by Crippen LogP contribution is -2.52. The summed E-state index contributed by atoms with van der Waals surface area (Å²) in [5.41, 5.74) is -0.242. The van der Waals surface area contributed by atoms with Crippen LogP contribution in [0.5, 0.6) is 0 Å². The average molecular weight is 292 g/mol. The van der Waals surface area contributed by atoms with E-state index in [1.165, 1.54) is 0 Å². The van der Waals surface area contributed by atoms with E-state index in [-0.39, 0.29) is 5.92 Å². The number of carboxylic acids is 1. The highest BCUT2D eigenvalue weighted by Gasteiger charge is 2.50. The van der Waals surface area contributed by atoms with Gasteiger partial charge in [-0.05, 0) is 38.7 Å². The Labute approximate surface area is 125 Å². The first-order valence-corrected chi connectivity index (χ1v) is 7.61. The summed E-state index contributed by atoms with van der Waals surface area (Å²) in [7, 11) is 0. The zero-order valence-corrected chi connectivity index (χ0v) is 12.7. The van der Waals surface area contributed by atoms with E-state index in [2.05, 4.69) is 0 Å². The smallest absolute Gasteiger partial charge is 0.336 e. The van der Waals surface area contributed by atoms with Crippen molar-refractivity contribution >= 4 is 5.97 Å². The Morgan fingerprint density at radius 1 is 1.29 bits per heavy atom. The van der Waals surface area contributed by atoms with Crippen LogP contribution in [0.1, 0.15) is 51.0 Å². The molecular formula is C17H24O4. The van der Waals surface area contributed by atoms with Gasteiger partial charge in [0.25, 0.3) is 0 Å². The van der Waals surface area contributed by atoms with Gasteiger partial charge in [-0.3, -0.25) is 0 Å². The second-order valence-corrected chi connectivity index (χ2v) is 5.97. The van der Waals surface area contributed by atoms with Gasteiger partial charge in [-0.25, -0.2) is 4.79 Å². The number of hydrogen-bond donors (Lipinski definition) is 2. The molecule has 4 nitrogen and oxygen atoms in total. The SMILES string of the molecule is CC(O)C(C)OC1(C(=O)O)CCCCC1c1ccccc1. The molecule has 0 heterocycles. The predicted octanol–water partition coefficient (Wildman–Crippen LogP) is 2.95. The van der Waals surface area contributed by atoms with Crippen LogP contribution in [-0.4, -0.2) is 34.0 Å². The fourth-order valence-electron chi connectivity index (χ4n) is 3.14. The van der Waals surface area contributed by atoms with Crippen molar-refractivity contribution in [3.63, 3.8) is 0 Å². The third kappa shape index (κ3) is 3.27. The Morgan fingerprint density at radius 2 is 1.95 bits per heavy atom. The van der Waals surface area contributed by atoms with Crippen LogP contribution in [0.2, 0.25) is 0 Å². The molecule has 0 aliphatic heterocycles. The molecule has 0 radical (unpaired) electrons. The summed E-state index contributed by atoms with van der Waals surface area (Å²) in [5.74, 6) is -1.10. The van der Waals surface area contributed by atoms with Crippen LogP contribution in [0.25, 0.3) is 0 Å². The number of ether oxygens (including phenoxy) is 1. The van der Waals surface area contributed by atoms with Gasteiger partial charge < -0.3 is 14.9 Å². The first-order valence-electron chi connectivity index (χ1n) is 7.61. The largest absolute Gasteiger partial charge is 0.479 e. The molecule has 116 valence electrons. The van der Waals surface area contributed by atoms with Gasteiger partial charge in [0, 0.05) is 5.92 Å². The standard InChI is InChI=1S/C17H24O4/c1-12(18)13(2)21-17(16(19)20)11-7-6-10-15(17)14-8-4-3-5-9-14/h3-5,8-9,12-13,15,18H,6-7,10-11H2,1-2H3,(H,19,20). The zero-order valence-electron chi connectivity index (χ0n) is 12.7. The van der Waals surface area contributed by atoms with Crippen LogP contribution >= 0.6 is 0 Å². The summed E-state index contributed by atoms with van der Waals surface area (Å²) in [6, 6.07) is 9.70. The van der Waals surface area contributed by atoms with E-state index in [1.54, 1.807) is 13.8 Å². The minimum absolute atomic E-state index is 0.175. The Bertz CT molecular complexity index is 471. The van der Waals surface area contributed by atoms with E-state index in [0.29, 0.717) is 6.42 Å². The van der Waals surface area contributed by atoms with E-state index in [0.717, 1.165) is 24.8 Å². The summed E-state index contributed by atoms with van der Waals surface area (Å²) in [4.78, 5) is 12.0. The Morgan fingerprint density at radius 3 is 2.52 bits per heavy atom. The fraction of sp³-hybridized carbons (Fsp3) is 0.588. The summed E-state index contributed by atoms with van der Waals surface area (Å²) in [6.45, 7) is 3.35. The first kappa shape index (κ1) is 16.0. The summed E-state index contributed by atoms with van der Waals surface area (Å²) < 4.78 is 5.92. The van der Waals surface area contributed by atoms with E-state index in [1.807, 2.05) is 30.3 Å². The quantitative estimate of drug-likeness (QED) is 0.875. The monoisotopic (exact) mass is 292 g/mol. The van der Waals surface area contributed by atoms with Gasteiger partial charge in [-0.2, -0.15) is 0 Å². The van der Waals surface area contributed by atoms with Crippen LogP contribution < -0.4 is 0 Å². The van der Waals surface area contributed by atoms with E-state index in [4.69, 9.17) is 4.74 Å². The van der Waals surface area contributed by atoms with Crippen LogP contribution in [0.4, 0.5) is 0 Å². The molecule has 1 aliphatic carbocycles. The fourth-order valence-corrected chi connectivity index (χ4v) is 3.14. The maximum atomic E-state index is 12.0. The zero-order chi connectivity index (χ0) is 15.5. The third-order valence-electron chi connectivity index (χ3n) is 4.49. The molecule has 1 fully saturated rings. The highest BCUT2D eigenvalue weighted by molar-refractivity contribution is 5.79. The number of aliphatic hydroxyl groups is 1. The van der Waals surface area contributed by atoms with Gasteiger partial charge in [-0.1, -0.05) is 36.8 Å². The van der Waals surface area contributed by atoms with Crippen molar-refractivity contribution in [2.45, 2.75) is 63.3 Å². The number of carbonyl (C=O) groups is 1. The lowest BCUT2D eigenvalue weighted by atomic mass is 9.71. The Hall–Kier alpha value is -1.39. The Kier molecular flexibility index (Phi) is 5.01. The van der Waals surface area contributed by atoms with Crippen LogP contribution in [0, 0.1) is 0 Å². The predicted molar refractivity (Wildman–Crippen MR) is 80.2 cm³/mol. The lowest BCUT2D eigenvalue weighted by molar-refractivity contribution is -0.191. The van der Waals surface area contributed by atoms with Crippen molar-refractivity contribution in [3.8, 4) is 0 Å². The maximum absolute atomic E-state index is 12.0. The molecule has 21 heavy (non-hydrogen) atoms. The highest BCUT2D eigenvalue weighted by Crippen LogP contribution is 2.44. The molecule has 0 spiro atoms. The summed E-state index contributed by atoms with van der Waals surface area (Å²) in [6.07, 6.45) is 1.91. The molecule has 2 rings (SSSR count). The van der Waals surface area contributed by atoms with Gasteiger partial charge in [0.15, 0.2) is 5.60 Å². The topological polar surface area (TPSA) is 66.8 Å². The van der Waals surface area contributed by atoms with E-state index < -0.39 is 23.8 Å². The molecule has 4 atom stereocenters. The lowest BCUT2D eigenvalue weighted by Gasteiger charge is -2.42. The molecule has 2 N–H and O–H groups in total. The van der Waals surface area contributed by atoms with Gasteiger partial charge >= 0.3 is 5.97 Å². The number of carboxylic acid groups (broad SMARTS) is 1. The molecule has 1 aliphatic rings. The van der Waals surface area contributed by atoms with Gasteiger partial charge in [0.05, 0.1) is 12.2 Å². The third-order valence-corrected chi connectivity index (χ3v) is 4.49. The molecule has 1 aromatic rings. The Balaban J connectivity index is 2.37. The van der Waals surface area contributed by atoms with Crippen molar-refractivity contribution < 1.29 is 19.7 Å². The minimum Gasteiger partial charge on any atom is -0.479 e. The summed E-state index contributed by atoms with van der Waals surface area (Å²) >= 11 is 0. The van der Waals surface area contributed by atoms with Crippen LogP contribution in [-0.2, 0) is 9.53 Å². The molecule has 4 heteroatoms. The van der Waals surface area contributed by atoms with E-state index >= 15 is 0 Å². The second kappa shape index (κ2) is 6.58. The molecule has 0 bridgehead atoms. The van der Waals surface area contributed by atoms with Crippen molar-refractivity contribution in [3.05, 3.63) is 35.9 Å². The number of rotatable bonds is 5. The summed E-state index contributed by atoms with van der Waals surface area (Å²) in [5, 5.41) is 19.5. The molecule has 0 aromatic heterocycles. The second-order valence-electron chi connectivity index (χ2n) is 5.97. The van der Waals surface area contributed by atoms with Gasteiger partial charge in [0.1, 0.15) is 0 Å². The molecular weight excluding hydrogens is 268 g/mol. The minimum atomic E-state index is -1.24.